The van der Waals surface area contributed by atoms with Crippen molar-refractivity contribution in [1.29, 1.82) is 0 Å². The SMILES string of the molecule is c1ccc(-c2nc(-c3ccccc3)nc(-c3ccc(-c4cc(-c5ccc6ccccc6c5)nc5ccc(-c6cc7ccccc7c7ccccc67)cc45)cc3)n2)cc1. The van der Waals surface area contributed by atoms with E-state index in [0.717, 1.165) is 55.5 Å². The van der Waals surface area contributed by atoms with Gasteiger partial charge in [-0.1, -0.05) is 176 Å². The second kappa shape index (κ2) is 14.0. The molecule has 0 aliphatic carbocycles. The van der Waals surface area contributed by atoms with Crippen molar-refractivity contribution < 1.29 is 0 Å². The smallest absolute Gasteiger partial charge is 0.164 e. The zero-order chi connectivity index (χ0) is 38.4. The molecule has 2 heterocycles. The molecule has 4 nitrogen and oxygen atoms in total. The highest BCUT2D eigenvalue weighted by Gasteiger charge is 2.16. The van der Waals surface area contributed by atoms with Gasteiger partial charge in [0.05, 0.1) is 11.2 Å². The molecule has 9 aromatic carbocycles. The van der Waals surface area contributed by atoms with Crippen molar-refractivity contribution in [3.63, 3.8) is 0 Å². The summed E-state index contributed by atoms with van der Waals surface area (Å²) in [6.07, 6.45) is 0. The van der Waals surface area contributed by atoms with E-state index in [0.29, 0.717) is 17.5 Å². The lowest BCUT2D eigenvalue weighted by molar-refractivity contribution is 1.07. The number of hydrogen-bond acceptors (Lipinski definition) is 4. The van der Waals surface area contributed by atoms with E-state index in [1.54, 1.807) is 0 Å². The van der Waals surface area contributed by atoms with E-state index in [2.05, 4.69) is 146 Å². The molecule has 0 radical (unpaired) electrons. The summed E-state index contributed by atoms with van der Waals surface area (Å²) in [4.78, 5) is 20.2. The maximum atomic E-state index is 5.30. The molecule has 11 aromatic rings. The highest BCUT2D eigenvalue weighted by atomic mass is 15.0. The van der Waals surface area contributed by atoms with Gasteiger partial charge in [-0.05, 0) is 84.9 Å². The number of rotatable bonds is 6. The number of hydrogen-bond donors (Lipinski definition) is 0. The van der Waals surface area contributed by atoms with E-state index in [-0.39, 0.29) is 0 Å². The van der Waals surface area contributed by atoms with Gasteiger partial charge in [-0.15, -0.1) is 0 Å². The summed E-state index contributed by atoms with van der Waals surface area (Å²) >= 11 is 0. The van der Waals surface area contributed by atoms with E-state index >= 15 is 0 Å². The lowest BCUT2D eigenvalue weighted by Crippen LogP contribution is -2.00. The van der Waals surface area contributed by atoms with Gasteiger partial charge in [0.25, 0.3) is 0 Å². The average molecular weight is 739 g/mol. The lowest BCUT2D eigenvalue weighted by atomic mass is 9.91. The first-order chi connectivity index (χ1) is 28.7. The van der Waals surface area contributed by atoms with Gasteiger partial charge in [-0.2, -0.15) is 0 Å². The maximum Gasteiger partial charge on any atom is 0.164 e. The lowest BCUT2D eigenvalue weighted by Gasteiger charge is -2.15. The molecule has 0 bridgehead atoms. The molecular formula is C54H34N4. The molecule has 0 amide bonds. The minimum Gasteiger partial charge on any atom is -0.248 e. The fraction of sp³-hybridized carbons (Fsp3) is 0. The Bertz CT molecular complexity index is 3260. The third-order valence-electron chi connectivity index (χ3n) is 11.1. The van der Waals surface area contributed by atoms with Crippen molar-refractivity contribution in [3.8, 4) is 67.7 Å². The Morgan fingerprint density at radius 2 is 0.741 bits per heavy atom. The number of benzene rings is 9. The van der Waals surface area contributed by atoms with Gasteiger partial charge < -0.3 is 0 Å². The Hall–Kier alpha value is -7.82. The van der Waals surface area contributed by atoms with Crippen LogP contribution in [0.2, 0.25) is 0 Å². The van der Waals surface area contributed by atoms with Crippen LogP contribution in [0.25, 0.3) is 111 Å². The molecule has 0 N–H and O–H groups in total. The molecule has 0 saturated carbocycles. The molecule has 0 spiro atoms. The Morgan fingerprint density at radius 3 is 1.43 bits per heavy atom. The van der Waals surface area contributed by atoms with Gasteiger partial charge in [-0.3, -0.25) is 0 Å². The fourth-order valence-electron chi connectivity index (χ4n) is 8.16. The molecule has 0 unspecified atom stereocenters. The summed E-state index contributed by atoms with van der Waals surface area (Å²) in [5.41, 5.74) is 10.3. The van der Waals surface area contributed by atoms with Crippen molar-refractivity contribution in [3.05, 3.63) is 206 Å². The van der Waals surface area contributed by atoms with Gasteiger partial charge in [0.15, 0.2) is 17.5 Å². The first kappa shape index (κ1) is 33.5. The van der Waals surface area contributed by atoms with E-state index in [1.807, 2.05) is 60.7 Å². The van der Waals surface area contributed by atoms with Crippen molar-refractivity contribution in [2.45, 2.75) is 0 Å². The van der Waals surface area contributed by atoms with Crippen molar-refractivity contribution in [2.75, 3.05) is 0 Å². The largest absolute Gasteiger partial charge is 0.248 e. The third kappa shape index (κ3) is 6.05. The minimum absolute atomic E-state index is 0.626. The molecule has 0 aliphatic heterocycles. The molecule has 0 fully saturated rings. The number of fused-ring (bicyclic) bond motifs is 5. The van der Waals surface area contributed by atoms with E-state index in [1.165, 1.54) is 37.9 Å². The van der Waals surface area contributed by atoms with Gasteiger partial charge in [-0.25, -0.2) is 19.9 Å². The van der Waals surface area contributed by atoms with E-state index in [4.69, 9.17) is 19.9 Å². The first-order valence-corrected chi connectivity index (χ1v) is 19.5. The van der Waals surface area contributed by atoms with Crippen LogP contribution in [0.1, 0.15) is 0 Å². The third-order valence-corrected chi connectivity index (χ3v) is 11.1. The van der Waals surface area contributed by atoms with Crippen molar-refractivity contribution in [1.82, 2.24) is 19.9 Å². The molecule has 4 heteroatoms. The second-order valence-electron chi connectivity index (χ2n) is 14.7. The van der Waals surface area contributed by atoms with Crippen LogP contribution in [0.15, 0.2) is 206 Å². The van der Waals surface area contributed by atoms with Gasteiger partial charge >= 0.3 is 0 Å². The van der Waals surface area contributed by atoms with Gasteiger partial charge in [0, 0.05) is 27.6 Å². The Labute approximate surface area is 335 Å². The maximum absolute atomic E-state index is 5.30. The molecule has 58 heavy (non-hydrogen) atoms. The topological polar surface area (TPSA) is 51.6 Å². The normalized spacial score (nSPS) is 11.4. The van der Waals surface area contributed by atoms with Crippen LogP contribution in [0.3, 0.4) is 0 Å². The Morgan fingerprint density at radius 1 is 0.241 bits per heavy atom. The number of aromatic nitrogens is 4. The van der Waals surface area contributed by atoms with Crippen LogP contribution in [0, 0.1) is 0 Å². The molecule has 2 aromatic heterocycles. The van der Waals surface area contributed by atoms with Crippen molar-refractivity contribution in [2.24, 2.45) is 0 Å². The standard InChI is InChI=1S/C54H34N4/c1-3-14-37(15-4-1)52-56-53(38-16-5-2-6-17-38)58-54(57-52)39-26-24-36(25-27-39)48-34-51(43-28-23-35-13-7-8-18-40(35)31-43)55-50-30-29-42(33-49(48)50)47-32-41-19-9-10-20-44(41)45-21-11-12-22-46(45)47/h1-34H. The predicted octanol–water partition coefficient (Wildman–Crippen LogP) is 13.9. The summed E-state index contributed by atoms with van der Waals surface area (Å²) < 4.78 is 0. The fourth-order valence-corrected chi connectivity index (χ4v) is 8.16. The van der Waals surface area contributed by atoms with E-state index in [9.17, 15) is 0 Å². The highest BCUT2D eigenvalue weighted by Crippen LogP contribution is 2.40. The van der Waals surface area contributed by atoms with Crippen LogP contribution < -0.4 is 0 Å². The van der Waals surface area contributed by atoms with Crippen LogP contribution in [0.5, 0.6) is 0 Å². The Balaban J connectivity index is 1.08. The molecule has 270 valence electrons. The van der Waals surface area contributed by atoms with Crippen molar-refractivity contribution >= 4 is 43.2 Å². The predicted molar refractivity (Wildman–Crippen MR) is 240 cm³/mol. The summed E-state index contributed by atoms with van der Waals surface area (Å²) in [5, 5.41) is 8.45. The van der Waals surface area contributed by atoms with Crippen LogP contribution in [-0.4, -0.2) is 19.9 Å². The van der Waals surface area contributed by atoms with Crippen LogP contribution in [0.4, 0.5) is 0 Å². The quantitative estimate of drug-likeness (QED) is 0.159. The molecule has 11 rings (SSSR count). The molecule has 0 aliphatic rings. The molecular weight excluding hydrogens is 705 g/mol. The summed E-state index contributed by atoms with van der Waals surface area (Å²) in [5.74, 6) is 1.91. The number of pyridine rings is 1. The first-order valence-electron chi connectivity index (χ1n) is 19.5. The summed E-state index contributed by atoms with van der Waals surface area (Å²) in [6, 6.07) is 72.5. The average Bonchev–Trinajstić information content (AvgIpc) is 3.31. The van der Waals surface area contributed by atoms with E-state index < -0.39 is 0 Å². The Kier molecular flexibility index (Phi) is 8.11. The summed E-state index contributed by atoms with van der Waals surface area (Å²) in [7, 11) is 0. The molecule has 0 saturated heterocycles. The monoisotopic (exact) mass is 738 g/mol. The minimum atomic E-state index is 0.626. The zero-order valence-corrected chi connectivity index (χ0v) is 31.4. The number of nitrogens with zero attached hydrogens (tertiary/aromatic N) is 4. The highest BCUT2D eigenvalue weighted by molar-refractivity contribution is 6.14. The van der Waals surface area contributed by atoms with Crippen LogP contribution in [-0.2, 0) is 0 Å². The zero-order valence-electron chi connectivity index (χ0n) is 31.4. The second-order valence-corrected chi connectivity index (χ2v) is 14.7. The van der Waals surface area contributed by atoms with Gasteiger partial charge in [0.1, 0.15) is 0 Å². The van der Waals surface area contributed by atoms with Crippen LogP contribution >= 0.6 is 0 Å². The summed E-state index contributed by atoms with van der Waals surface area (Å²) in [6.45, 7) is 0. The molecule has 0 atom stereocenters. The van der Waals surface area contributed by atoms with Gasteiger partial charge in [0.2, 0.25) is 0 Å².